The van der Waals surface area contributed by atoms with Crippen molar-refractivity contribution >= 4 is 78.8 Å². The summed E-state index contributed by atoms with van der Waals surface area (Å²) in [5, 5.41) is 16.4. The maximum absolute atomic E-state index is 13.7. The molecule has 0 aliphatic carbocycles. The van der Waals surface area contributed by atoms with Gasteiger partial charge in [0.25, 0.3) is 5.91 Å². The van der Waals surface area contributed by atoms with Crippen LogP contribution in [0.25, 0.3) is 10.2 Å². The predicted octanol–water partition coefficient (Wildman–Crippen LogP) is 5.90. The van der Waals surface area contributed by atoms with E-state index in [0.29, 0.717) is 43.6 Å². The minimum atomic E-state index is -0.479. The molecule has 2 aromatic carbocycles. The van der Waals surface area contributed by atoms with Gasteiger partial charge in [0.1, 0.15) is 21.5 Å². The zero-order chi connectivity index (χ0) is 29.4. The van der Waals surface area contributed by atoms with Gasteiger partial charge in [-0.05, 0) is 65.3 Å². The average molecular weight is 695 g/mol. The van der Waals surface area contributed by atoms with E-state index in [1.807, 2.05) is 37.3 Å². The first kappa shape index (κ1) is 28.4. The molecule has 1 fully saturated rings. The molecule has 2 aromatic heterocycles. The highest BCUT2D eigenvalue weighted by molar-refractivity contribution is 14.1. The van der Waals surface area contributed by atoms with Crippen molar-refractivity contribution in [2.45, 2.75) is 13.3 Å². The maximum Gasteiger partial charge on any atom is 0.331 e. The first-order chi connectivity index (χ1) is 20.4. The second-order valence-corrected chi connectivity index (χ2v) is 12.2. The number of aromatic nitrogens is 1. The third-order valence-corrected chi connectivity index (χ3v) is 9.38. The number of nitrogens with zero attached hydrogens (tertiary/aromatic N) is 4. The van der Waals surface area contributed by atoms with Gasteiger partial charge in [0.15, 0.2) is 0 Å². The van der Waals surface area contributed by atoms with Crippen molar-refractivity contribution in [1.29, 1.82) is 5.26 Å². The fourth-order valence-corrected chi connectivity index (χ4v) is 7.09. The number of benzene rings is 2. The van der Waals surface area contributed by atoms with E-state index in [2.05, 4.69) is 49.2 Å². The number of pyridine rings is 1. The second kappa shape index (κ2) is 11.8. The predicted molar refractivity (Wildman–Crippen MR) is 171 cm³/mol. The third kappa shape index (κ3) is 5.29. The summed E-state index contributed by atoms with van der Waals surface area (Å²) < 4.78 is 11.7. The largest absolute Gasteiger partial charge is 0.496 e. The summed E-state index contributed by atoms with van der Waals surface area (Å²) in [6, 6.07) is 13.2. The number of amides is 3. The summed E-state index contributed by atoms with van der Waals surface area (Å²) in [4.78, 5) is 36.3. The number of anilines is 4. The summed E-state index contributed by atoms with van der Waals surface area (Å²) in [5.41, 5.74) is 4.29. The van der Waals surface area contributed by atoms with Gasteiger partial charge < -0.3 is 20.1 Å². The molecule has 2 aliphatic heterocycles. The number of carbonyl (C=O) groups excluding carboxylic acids is 2. The zero-order valence-electron chi connectivity index (χ0n) is 23.0. The van der Waals surface area contributed by atoms with Gasteiger partial charge in [0.2, 0.25) is 0 Å². The molecule has 0 saturated carbocycles. The van der Waals surface area contributed by atoms with Crippen molar-refractivity contribution in [2.75, 3.05) is 55.5 Å². The summed E-state index contributed by atoms with van der Waals surface area (Å²) in [5.74, 6) is 0.254. The number of aryl methyl sites for hydroxylation is 1. The number of morpholine rings is 1. The molecule has 0 bridgehead atoms. The van der Waals surface area contributed by atoms with Gasteiger partial charge in [-0.25, -0.2) is 9.78 Å². The molecule has 6 rings (SSSR count). The Kier molecular flexibility index (Phi) is 8.00. The highest BCUT2D eigenvalue weighted by Crippen LogP contribution is 2.48. The Labute approximate surface area is 260 Å². The van der Waals surface area contributed by atoms with Crippen molar-refractivity contribution in [3.63, 3.8) is 0 Å². The zero-order valence-corrected chi connectivity index (χ0v) is 26.0. The molecule has 1 saturated heterocycles. The number of rotatable bonds is 7. The smallest absolute Gasteiger partial charge is 0.331 e. The Hall–Kier alpha value is -3.77. The number of nitriles is 1. The molecule has 12 heteroatoms. The molecule has 4 aromatic rings. The van der Waals surface area contributed by atoms with Crippen LogP contribution in [0, 0.1) is 21.8 Å². The molecule has 0 radical (unpaired) electrons. The van der Waals surface area contributed by atoms with Gasteiger partial charge in [0, 0.05) is 41.2 Å². The standard InChI is InChI=1S/C30H27IN6O4S/c1-17-13-21(31)22(14-23(17)40-2)37-26-19(15-32)16-33-29-24(26)25(35-30(37)39)27(42-29)28(38)34-20-5-3-18(4-6-20)7-8-36-9-11-41-12-10-36/h3-6,13-14,16H,7-12H2,1-2H3,(H,34,38)(H,35,39). The van der Waals surface area contributed by atoms with Crippen molar-refractivity contribution in [3.8, 4) is 11.8 Å². The Morgan fingerprint density at radius 1 is 1.26 bits per heavy atom. The van der Waals surface area contributed by atoms with Crippen molar-refractivity contribution < 1.29 is 19.1 Å². The van der Waals surface area contributed by atoms with Crippen molar-refractivity contribution in [3.05, 3.63) is 67.7 Å². The molecule has 4 heterocycles. The van der Waals surface area contributed by atoms with E-state index in [4.69, 9.17) is 9.47 Å². The molecule has 0 atom stereocenters. The SMILES string of the molecule is COc1cc(N2C(=O)Nc3c(C(=O)Nc4ccc(CCN5CCOCC5)cc4)sc4ncc(C#N)c2c34)c(I)cc1C. The summed E-state index contributed by atoms with van der Waals surface area (Å²) in [6.45, 7) is 6.34. The fraction of sp³-hybridized carbons (Fsp3) is 0.267. The van der Waals surface area contributed by atoms with Gasteiger partial charge in [0.05, 0.1) is 48.3 Å². The lowest BCUT2D eigenvalue weighted by Crippen LogP contribution is -2.37. The van der Waals surface area contributed by atoms with Crippen LogP contribution in [-0.2, 0) is 11.2 Å². The number of hydrogen-bond donors (Lipinski definition) is 2. The number of ether oxygens (including phenoxy) is 2. The number of methoxy groups -OCH3 is 1. The van der Waals surface area contributed by atoms with E-state index >= 15 is 0 Å². The van der Waals surface area contributed by atoms with Crippen molar-refractivity contribution in [2.24, 2.45) is 0 Å². The van der Waals surface area contributed by atoms with E-state index in [-0.39, 0.29) is 11.5 Å². The monoisotopic (exact) mass is 694 g/mol. The molecule has 2 aliphatic rings. The Morgan fingerprint density at radius 3 is 2.74 bits per heavy atom. The third-order valence-electron chi connectivity index (χ3n) is 7.42. The Morgan fingerprint density at radius 2 is 2.02 bits per heavy atom. The molecular formula is C30H27IN6O4S. The molecule has 0 spiro atoms. The van der Waals surface area contributed by atoms with Crippen LogP contribution in [0.4, 0.5) is 27.5 Å². The number of nitrogens with one attached hydrogen (secondary N) is 2. The highest BCUT2D eigenvalue weighted by Gasteiger charge is 2.36. The lowest BCUT2D eigenvalue weighted by Gasteiger charge is -2.30. The van der Waals surface area contributed by atoms with Crippen LogP contribution in [-0.4, -0.2) is 61.8 Å². The van der Waals surface area contributed by atoms with Crippen LogP contribution in [0.1, 0.15) is 26.4 Å². The van der Waals surface area contributed by atoms with Gasteiger partial charge in [-0.3, -0.25) is 14.6 Å². The van der Waals surface area contributed by atoms with Crippen LogP contribution in [0.3, 0.4) is 0 Å². The lowest BCUT2D eigenvalue weighted by atomic mass is 10.1. The van der Waals surface area contributed by atoms with E-state index in [1.54, 1.807) is 13.2 Å². The summed E-state index contributed by atoms with van der Waals surface area (Å²) in [6.07, 6.45) is 2.36. The van der Waals surface area contributed by atoms with E-state index in [0.717, 1.165) is 48.4 Å². The van der Waals surface area contributed by atoms with Gasteiger partial charge in [-0.1, -0.05) is 12.1 Å². The van der Waals surface area contributed by atoms with Crippen molar-refractivity contribution in [1.82, 2.24) is 9.88 Å². The van der Waals surface area contributed by atoms with E-state index in [1.165, 1.54) is 28.0 Å². The van der Waals surface area contributed by atoms with E-state index in [9.17, 15) is 14.9 Å². The number of hydrogen-bond acceptors (Lipinski definition) is 8. The van der Waals surface area contributed by atoms with Crippen LogP contribution >= 0.6 is 33.9 Å². The second-order valence-electron chi connectivity index (χ2n) is 10.0. The first-order valence-electron chi connectivity index (χ1n) is 13.4. The average Bonchev–Trinajstić information content (AvgIpc) is 3.37. The molecule has 10 nitrogen and oxygen atoms in total. The minimum Gasteiger partial charge on any atom is -0.496 e. The quantitative estimate of drug-likeness (QED) is 0.231. The Bertz CT molecular complexity index is 1740. The Balaban J connectivity index is 1.30. The van der Waals surface area contributed by atoms with Crippen LogP contribution in [0.2, 0.25) is 0 Å². The normalized spacial score (nSPS) is 14.9. The molecule has 42 heavy (non-hydrogen) atoms. The molecule has 3 amide bonds. The van der Waals surface area contributed by atoms with Crippen LogP contribution in [0.15, 0.2) is 42.6 Å². The number of halogens is 1. The topological polar surface area (TPSA) is 120 Å². The van der Waals surface area contributed by atoms with Crippen LogP contribution < -0.4 is 20.3 Å². The molecule has 214 valence electrons. The number of urea groups is 1. The number of carbonyl (C=O) groups is 2. The van der Waals surface area contributed by atoms with Crippen LogP contribution in [0.5, 0.6) is 5.75 Å². The summed E-state index contributed by atoms with van der Waals surface area (Å²) in [7, 11) is 1.57. The fourth-order valence-electron chi connectivity index (χ4n) is 5.22. The summed E-state index contributed by atoms with van der Waals surface area (Å²) >= 11 is 3.34. The first-order valence-corrected chi connectivity index (χ1v) is 15.3. The van der Waals surface area contributed by atoms with Gasteiger partial charge in [-0.2, -0.15) is 5.26 Å². The minimum absolute atomic E-state index is 0.228. The molecule has 2 N–H and O–H groups in total. The lowest BCUT2D eigenvalue weighted by molar-refractivity contribution is 0.0384. The molecular weight excluding hydrogens is 667 g/mol. The molecule has 0 unspecified atom stereocenters. The van der Waals surface area contributed by atoms with E-state index < -0.39 is 6.03 Å². The van der Waals surface area contributed by atoms with Gasteiger partial charge >= 0.3 is 6.03 Å². The highest BCUT2D eigenvalue weighted by atomic mass is 127. The van der Waals surface area contributed by atoms with Gasteiger partial charge in [-0.15, -0.1) is 11.3 Å². The number of thiophene rings is 1. The maximum atomic E-state index is 13.7.